The molecule has 2 rings (SSSR count). The fourth-order valence-corrected chi connectivity index (χ4v) is 2.37. The summed E-state index contributed by atoms with van der Waals surface area (Å²) in [7, 11) is 0. The van der Waals surface area contributed by atoms with E-state index in [1.54, 1.807) is 19.1 Å². The van der Waals surface area contributed by atoms with Gasteiger partial charge in [0.05, 0.1) is 6.10 Å². The van der Waals surface area contributed by atoms with Gasteiger partial charge in [0.2, 0.25) is 0 Å². The Bertz CT molecular complexity index is 571. The van der Waals surface area contributed by atoms with Crippen LogP contribution in [0.15, 0.2) is 48.5 Å². The molecule has 1 unspecified atom stereocenters. The van der Waals surface area contributed by atoms with E-state index in [0.717, 1.165) is 18.8 Å². The normalized spacial score (nSPS) is 12.2. The molecule has 1 N–H and O–H groups in total. The van der Waals surface area contributed by atoms with Gasteiger partial charge in [-0.15, -0.1) is 0 Å². The van der Waals surface area contributed by atoms with Gasteiger partial charge in [0.1, 0.15) is 5.82 Å². The van der Waals surface area contributed by atoms with Gasteiger partial charge in [-0.25, -0.2) is 4.39 Å². The van der Waals surface area contributed by atoms with E-state index in [9.17, 15) is 9.50 Å². The first-order valence-corrected chi connectivity index (χ1v) is 7.36. The largest absolute Gasteiger partial charge is 0.388 e. The van der Waals surface area contributed by atoms with Gasteiger partial charge >= 0.3 is 0 Å². The van der Waals surface area contributed by atoms with E-state index in [0.29, 0.717) is 17.5 Å². The first-order valence-electron chi connectivity index (χ1n) is 7.36. The van der Waals surface area contributed by atoms with Crippen LogP contribution in [0.3, 0.4) is 0 Å². The third-order valence-electron chi connectivity index (χ3n) is 3.76. The number of nitrogens with zero attached hydrogens (tertiary/aromatic N) is 1. The summed E-state index contributed by atoms with van der Waals surface area (Å²) in [5.74, 6) is -0.262. The molecule has 0 spiro atoms. The van der Waals surface area contributed by atoms with Crippen LogP contribution in [-0.4, -0.2) is 18.2 Å². The molecule has 0 radical (unpaired) electrons. The van der Waals surface area contributed by atoms with Gasteiger partial charge in [-0.3, -0.25) is 0 Å². The smallest absolute Gasteiger partial charge is 0.126 e. The van der Waals surface area contributed by atoms with Crippen molar-refractivity contribution in [3.8, 4) is 0 Å². The molecule has 0 fully saturated rings. The second-order valence-electron chi connectivity index (χ2n) is 5.23. The molecule has 0 aliphatic rings. The summed E-state index contributed by atoms with van der Waals surface area (Å²) in [6, 6.07) is 15.0. The molecule has 112 valence electrons. The van der Waals surface area contributed by atoms with Crippen LogP contribution in [0.25, 0.3) is 0 Å². The Balaban J connectivity index is 1.99. The van der Waals surface area contributed by atoms with Crippen LogP contribution in [-0.2, 0) is 0 Å². The Morgan fingerprint density at radius 3 is 2.48 bits per heavy atom. The van der Waals surface area contributed by atoms with Crippen molar-refractivity contribution >= 4 is 5.69 Å². The third kappa shape index (κ3) is 4.05. The molecule has 0 bridgehead atoms. The Morgan fingerprint density at radius 2 is 1.86 bits per heavy atom. The average molecular weight is 287 g/mol. The number of hydrogen-bond donors (Lipinski definition) is 1. The molecule has 0 aliphatic carbocycles. The van der Waals surface area contributed by atoms with E-state index in [4.69, 9.17) is 0 Å². The van der Waals surface area contributed by atoms with E-state index in [2.05, 4.69) is 24.0 Å². The van der Waals surface area contributed by atoms with Crippen LogP contribution in [0.4, 0.5) is 10.1 Å². The van der Waals surface area contributed by atoms with Crippen molar-refractivity contribution in [2.45, 2.75) is 26.4 Å². The number of halogens is 1. The van der Waals surface area contributed by atoms with Gasteiger partial charge in [-0.1, -0.05) is 30.3 Å². The van der Waals surface area contributed by atoms with Crippen molar-refractivity contribution in [3.05, 3.63) is 65.5 Å². The van der Waals surface area contributed by atoms with Crippen LogP contribution < -0.4 is 4.90 Å². The van der Waals surface area contributed by atoms with Crippen molar-refractivity contribution in [2.75, 3.05) is 18.0 Å². The quantitative estimate of drug-likeness (QED) is 0.865. The monoisotopic (exact) mass is 287 g/mol. The predicted molar refractivity (Wildman–Crippen MR) is 85.0 cm³/mol. The number of benzene rings is 2. The molecule has 0 amide bonds. The molecular formula is C18H22FNO. The summed E-state index contributed by atoms with van der Waals surface area (Å²) in [5, 5.41) is 10.2. The van der Waals surface area contributed by atoms with E-state index in [1.807, 2.05) is 18.2 Å². The number of para-hydroxylation sites is 1. The SMILES string of the molecule is CCN(CCC(O)c1ccc(C)c(F)c1)c1ccccc1. The second-order valence-corrected chi connectivity index (χ2v) is 5.23. The number of aliphatic hydroxyl groups is 1. The van der Waals surface area contributed by atoms with Gasteiger partial charge in [0.15, 0.2) is 0 Å². The zero-order valence-corrected chi connectivity index (χ0v) is 12.6. The first kappa shape index (κ1) is 15.5. The number of rotatable bonds is 6. The lowest BCUT2D eigenvalue weighted by atomic mass is 10.0. The van der Waals surface area contributed by atoms with E-state index in [1.165, 1.54) is 6.07 Å². The van der Waals surface area contributed by atoms with Crippen LogP contribution in [0.1, 0.15) is 30.6 Å². The molecule has 2 nitrogen and oxygen atoms in total. The Hall–Kier alpha value is -1.87. The standard InChI is InChI=1S/C18H22FNO/c1-3-20(16-7-5-4-6-8-16)12-11-18(21)15-10-9-14(2)17(19)13-15/h4-10,13,18,21H,3,11-12H2,1-2H3. The summed E-state index contributed by atoms with van der Waals surface area (Å²) >= 11 is 0. The minimum atomic E-state index is -0.641. The average Bonchev–Trinajstić information content (AvgIpc) is 2.51. The van der Waals surface area contributed by atoms with E-state index < -0.39 is 6.10 Å². The third-order valence-corrected chi connectivity index (χ3v) is 3.76. The Kier molecular flexibility index (Phi) is 5.34. The summed E-state index contributed by atoms with van der Waals surface area (Å²) < 4.78 is 13.5. The highest BCUT2D eigenvalue weighted by atomic mass is 19.1. The molecule has 0 heterocycles. The molecule has 0 saturated carbocycles. The zero-order chi connectivity index (χ0) is 15.2. The van der Waals surface area contributed by atoms with Gasteiger partial charge in [0.25, 0.3) is 0 Å². The van der Waals surface area contributed by atoms with Gasteiger partial charge in [0, 0.05) is 18.8 Å². The molecule has 0 aliphatic heterocycles. The number of anilines is 1. The Labute approximate surface area is 125 Å². The van der Waals surface area contributed by atoms with Crippen LogP contribution >= 0.6 is 0 Å². The maximum absolute atomic E-state index is 13.5. The summed E-state index contributed by atoms with van der Waals surface area (Å²) in [6.45, 7) is 5.42. The first-order chi connectivity index (χ1) is 10.1. The van der Waals surface area contributed by atoms with Crippen molar-refractivity contribution in [1.29, 1.82) is 0 Å². The van der Waals surface area contributed by atoms with Crippen molar-refractivity contribution < 1.29 is 9.50 Å². The molecule has 0 saturated heterocycles. The van der Waals surface area contributed by atoms with Gasteiger partial charge in [-0.05, 0) is 49.6 Å². The maximum Gasteiger partial charge on any atom is 0.126 e. The minimum Gasteiger partial charge on any atom is -0.388 e. The number of hydrogen-bond acceptors (Lipinski definition) is 2. The minimum absolute atomic E-state index is 0.262. The van der Waals surface area contributed by atoms with Crippen LogP contribution in [0.2, 0.25) is 0 Å². The highest BCUT2D eigenvalue weighted by Crippen LogP contribution is 2.21. The summed E-state index contributed by atoms with van der Waals surface area (Å²) in [5.41, 5.74) is 2.38. The molecule has 2 aromatic rings. The lowest BCUT2D eigenvalue weighted by Crippen LogP contribution is -2.25. The van der Waals surface area contributed by atoms with Crippen molar-refractivity contribution in [2.24, 2.45) is 0 Å². The van der Waals surface area contributed by atoms with Crippen molar-refractivity contribution in [1.82, 2.24) is 0 Å². The maximum atomic E-state index is 13.5. The van der Waals surface area contributed by atoms with Gasteiger partial charge < -0.3 is 10.0 Å². The Morgan fingerprint density at radius 1 is 1.14 bits per heavy atom. The zero-order valence-electron chi connectivity index (χ0n) is 12.6. The fraction of sp³-hybridized carbons (Fsp3) is 0.333. The predicted octanol–water partition coefficient (Wildman–Crippen LogP) is 4.08. The number of aliphatic hydroxyl groups excluding tert-OH is 1. The van der Waals surface area contributed by atoms with Crippen LogP contribution in [0.5, 0.6) is 0 Å². The second kappa shape index (κ2) is 7.23. The molecular weight excluding hydrogens is 265 g/mol. The fourth-order valence-electron chi connectivity index (χ4n) is 2.37. The lowest BCUT2D eigenvalue weighted by molar-refractivity contribution is 0.169. The van der Waals surface area contributed by atoms with Gasteiger partial charge in [-0.2, -0.15) is 0 Å². The molecule has 2 aromatic carbocycles. The van der Waals surface area contributed by atoms with E-state index >= 15 is 0 Å². The topological polar surface area (TPSA) is 23.5 Å². The van der Waals surface area contributed by atoms with Crippen LogP contribution in [0, 0.1) is 12.7 Å². The van der Waals surface area contributed by atoms with Crippen molar-refractivity contribution in [3.63, 3.8) is 0 Å². The number of aryl methyl sites for hydroxylation is 1. The highest BCUT2D eigenvalue weighted by Gasteiger charge is 2.12. The summed E-state index contributed by atoms with van der Waals surface area (Å²) in [6.07, 6.45) is -0.0662. The molecule has 0 aromatic heterocycles. The highest BCUT2D eigenvalue weighted by molar-refractivity contribution is 5.45. The molecule has 3 heteroatoms. The lowest BCUT2D eigenvalue weighted by Gasteiger charge is -2.24. The molecule has 1 atom stereocenters. The van der Waals surface area contributed by atoms with E-state index in [-0.39, 0.29) is 5.82 Å². The summed E-state index contributed by atoms with van der Waals surface area (Å²) in [4.78, 5) is 2.20. The molecule has 21 heavy (non-hydrogen) atoms.